The van der Waals surface area contributed by atoms with Gasteiger partial charge in [-0.05, 0) is 25.2 Å². The Morgan fingerprint density at radius 3 is 2.62 bits per heavy atom. The number of nitrogens with zero attached hydrogens (tertiary/aromatic N) is 2. The minimum atomic E-state index is -0.629. The molecule has 21 heavy (non-hydrogen) atoms. The van der Waals surface area contributed by atoms with Crippen LogP contribution in [0.1, 0.15) is 45.4 Å². The summed E-state index contributed by atoms with van der Waals surface area (Å²) in [6.45, 7) is 3.40. The molecule has 1 aliphatic rings. The van der Waals surface area contributed by atoms with E-state index in [0.717, 1.165) is 19.0 Å². The first-order valence-electron chi connectivity index (χ1n) is 7.92. The first-order valence-corrected chi connectivity index (χ1v) is 7.92. The topological polar surface area (TPSA) is 28.2 Å². The summed E-state index contributed by atoms with van der Waals surface area (Å²) in [7, 11) is 1.83. The molecule has 0 unspecified atom stereocenters. The van der Waals surface area contributed by atoms with Gasteiger partial charge in [0.25, 0.3) is 0 Å². The Kier molecular flexibility index (Phi) is 5.76. The van der Waals surface area contributed by atoms with Crippen molar-refractivity contribution in [3.8, 4) is 0 Å². The van der Waals surface area contributed by atoms with E-state index in [2.05, 4.69) is 10.3 Å². The molecule has 0 amide bonds. The van der Waals surface area contributed by atoms with Crippen LogP contribution in [0.3, 0.4) is 0 Å². The van der Waals surface area contributed by atoms with Crippen molar-refractivity contribution < 1.29 is 8.78 Å². The monoisotopic (exact) mass is 297 g/mol. The predicted octanol–water partition coefficient (Wildman–Crippen LogP) is 4.20. The van der Waals surface area contributed by atoms with Crippen LogP contribution in [-0.4, -0.2) is 25.1 Å². The summed E-state index contributed by atoms with van der Waals surface area (Å²) in [5.41, 5.74) is 0. The van der Waals surface area contributed by atoms with Crippen LogP contribution >= 0.6 is 0 Å². The molecular weight excluding hydrogens is 272 g/mol. The minimum absolute atomic E-state index is 0.142. The molecule has 3 nitrogen and oxygen atoms in total. The molecule has 1 N–H and O–H groups in total. The van der Waals surface area contributed by atoms with Crippen LogP contribution in [0.2, 0.25) is 0 Å². The molecule has 0 aromatic carbocycles. The van der Waals surface area contributed by atoms with Gasteiger partial charge in [0, 0.05) is 26.2 Å². The van der Waals surface area contributed by atoms with Crippen LogP contribution < -0.4 is 10.2 Å². The summed E-state index contributed by atoms with van der Waals surface area (Å²) in [6.07, 6.45) is 7.05. The zero-order valence-electron chi connectivity index (χ0n) is 13.0. The zero-order valence-corrected chi connectivity index (χ0v) is 13.0. The lowest BCUT2D eigenvalue weighted by Gasteiger charge is -2.28. The summed E-state index contributed by atoms with van der Waals surface area (Å²) >= 11 is 0. The van der Waals surface area contributed by atoms with Crippen molar-refractivity contribution in [2.24, 2.45) is 5.92 Å². The Labute approximate surface area is 125 Å². The highest BCUT2D eigenvalue weighted by Crippen LogP contribution is 2.27. The van der Waals surface area contributed by atoms with Crippen molar-refractivity contribution in [2.45, 2.75) is 45.4 Å². The van der Waals surface area contributed by atoms with Gasteiger partial charge in [0.15, 0.2) is 23.3 Å². The largest absolute Gasteiger partial charge is 0.368 e. The number of hydrogen-bond donors (Lipinski definition) is 1. The van der Waals surface area contributed by atoms with E-state index in [1.807, 2.05) is 18.9 Å². The maximum Gasteiger partial charge on any atom is 0.168 e. The SMILES string of the molecule is CCCNc1nc(N(C)CC2CCCCC2)c(F)cc1F. The lowest BCUT2D eigenvalue weighted by Crippen LogP contribution is -2.28. The van der Waals surface area contributed by atoms with Crippen LogP contribution in [0, 0.1) is 17.6 Å². The van der Waals surface area contributed by atoms with Gasteiger partial charge in [0.1, 0.15) is 0 Å². The fourth-order valence-electron chi connectivity index (χ4n) is 2.94. The molecule has 1 fully saturated rings. The molecule has 2 rings (SSSR count). The molecule has 0 aliphatic heterocycles. The second-order valence-electron chi connectivity index (χ2n) is 5.94. The summed E-state index contributed by atoms with van der Waals surface area (Å²) < 4.78 is 27.7. The number of aromatic nitrogens is 1. The van der Waals surface area contributed by atoms with Crippen molar-refractivity contribution >= 4 is 11.6 Å². The quantitative estimate of drug-likeness (QED) is 0.853. The highest BCUT2D eigenvalue weighted by Gasteiger charge is 2.19. The van der Waals surface area contributed by atoms with Gasteiger partial charge in [-0.15, -0.1) is 0 Å². The van der Waals surface area contributed by atoms with Gasteiger partial charge >= 0.3 is 0 Å². The van der Waals surface area contributed by atoms with E-state index in [4.69, 9.17) is 0 Å². The van der Waals surface area contributed by atoms with E-state index in [-0.39, 0.29) is 11.6 Å². The Morgan fingerprint density at radius 2 is 1.95 bits per heavy atom. The third kappa shape index (κ3) is 4.29. The first-order chi connectivity index (χ1) is 10.1. The van der Waals surface area contributed by atoms with E-state index < -0.39 is 11.6 Å². The molecule has 0 bridgehead atoms. The van der Waals surface area contributed by atoms with Gasteiger partial charge < -0.3 is 10.2 Å². The fraction of sp³-hybridized carbons (Fsp3) is 0.688. The summed E-state index contributed by atoms with van der Waals surface area (Å²) in [4.78, 5) is 5.96. The zero-order chi connectivity index (χ0) is 15.2. The Hall–Kier alpha value is -1.39. The number of hydrogen-bond acceptors (Lipinski definition) is 3. The van der Waals surface area contributed by atoms with E-state index in [1.54, 1.807) is 0 Å². The van der Waals surface area contributed by atoms with E-state index in [9.17, 15) is 8.78 Å². The maximum atomic E-state index is 14.0. The number of rotatable bonds is 6. The molecule has 5 heteroatoms. The van der Waals surface area contributed by atoms with Crippen LogP contribution in [0.15, 0.2) is 6.07 Å². The average molecular weight is 297 g/mol. The fourth-order valence-corrected chi connectivity index (χ4v) is 2.94. The number of halogens is 2. The highest BCUT2D eigenvalue weighted by molar-refractivity contribution is 5.48. The van der Waals surface area contributed by atoms with E-state index in [1.165, 1.54) is 32.1 Å². The predicted molar refractivity (Wildman–Crippen MR) is 82.8 cm³/mol. The lowest BCUT2D eigenvalue weighted by molar-refractivity contribution is 0.360. The van der Waals surface area contributed by atoms with Crippen molar-refractivity contribution in [3.63, 3.8) is 0 Å². The van der Waals surface area contributed by atoms with Crippen molar-refractivity contribution in [2.75, 3.05) is 30.4 Å². The van der Waals surface area contributed by atoms with Gasteiger partial charge in [-0.1, -0.05) is 26.2 Å². The molecule has 118 valence electrons. The Balaban J connectivity index is 2.09. The Bertz CT molecular complexity index is 459. The molecule has 0 radical (unpaired) electrons. The molecule has 1 aliphatic carbocycles. The third-order valence-electron chi connectivity index (χ3n) is 4.07. The second-order valence-corrected chi connectivity index (χ2v) is 5.94. The van der Waals surface area contributed by atoms with Crippen LogP contribution in [0.4, 0.5) is 20.4 Å². The molecule has 0 atom stereocenters. The summed E-state index contributed by atoms with van der Waals surface area (Å²) in [5.74, 6) is -0.255. The smallest absolute Gasteiger partial charge is 0.168 e. The summed E-state index contributed by atoms with van der Waals surface area (Å²) in [6, 6.07) is 0.928. The van der Waals surface area contributed by atoms with Gasteiger partial charge in [-0.25, -0.2) is 13.8 Å². The van der Waals surface area contributed by atoms with Gasteiger partial charge in [0.2, 0.25) is 0 Å². The molecule has 1 saturated carbocycles. The molecular formula is C16H25F2N3. The molecule has 1 heterocycles. The third-order valence-corrected chi connectivity index (χ3v) is 4.07. The van der Waals surface area contributed by atoms with Crippen LogP contribution in [0.5, 0.6) is 0 Å². The van der Waals surface area contributed by atoms with Crippen LogP contribution in [0.25, 0.3) is 0 Å². The molecule has 1 aromatic heterocycles. The number of anilines is 2. The van der Waals surface area contributed by atoms with Crippen molar-refractivity contribution in [1.82, 2.24) is 4.98 Å². The molecule has 1 aromatic rings. The number of nitrogens with one attached hydrogen (secondary N) is 1. The van der Waals surface area contributed by atoms with Gasteiger partial charge in [-0.3, -0.25) is 0 Å². The van der Waals surface area contributed by atoms with Crippen molar-refractivity contribution in [1.29, 1.82) is 0 Å². The maximum absolute atomic E-state index is 14.0. The van der Waals surface area contributed by atoms with E-state index >= 15 is 0 Å². The molecule has 0 saturated heterocycles. The normalized spacial score (nSPS) is 16.0. The first kappa shape index (κ1) is 16.0. The van der Waals surface area contributed by atoms with E-state index in [0.29, 0.717) is 12.5 Å². The highest BCUT2D eigenvalue weighted by atomic mass is 19.1. The molecule has 0 spiro atoms. The minimum Gasteiger partial charge on any atom is -0.368 e. The standard InChI is InChI=1S/C16H25F2N3/c1-3-9-19-15-13(17)10-14(18)16(20-15)21(2)11-12-7-5-4-6-8-12/h10,12H,3-9,11H2,1-2H3,(H,19,20). The average Bonchev–Trinajstić information content (AvgIpc) is 2.47. The second kappa shape index (κ2) is 7.57. The summed E-state index contributed by atoms with van der Waals surface area (Å²) in [5, 5.41) is 2.91. The van der Waals surface area contributed by atoms with Crippen molar-refractivity contribution in [3.05, 3.63) is 17.7 Å². The number of pyridine rings is 1. The van der Waals surface area contributed by atoms with Crippen LogP contribution in [-0.2, 0) is 0 Å². The van der Waals surface area contributed by atoms with Gasteiger partial charge in [0.05, 0.1) is 0 Å². The van der Waals surface area contributed by atoms with Gasteiger partial charge in [-0.2, -0.15) is 0 Å². The Morgan fingerprint density at radius 1 is 1.24 bits per heavy atom. The lowest BCUT2D eigenvalue weighted by atomic mass is 9.89.